The summed E-state index contributed by atoms with van der Waals surface area (Å²) in [6.07, 6.45) is -2.62. The Hall–Kier alpha value is -1.23. The molecule has 5 heteroatoms. The molecule has 0 heterocycles. The van der Waals surface area contributed by atoms with E-state index in [1.54, 1.807) is 12.1 Å². The molecular formula is C15H22F3NO. The number of benzene rings is 1. The Balaban J connectivity index is 2.81. The van der Waals surface area contributed by atoms with Gasteiger partial charge < -0.3 is 10.1 Å². The van der Waals surface area contributed by atoms with Gasteiger partial charge in [0.05, 0.1) is 0 Å². The van der Waals surface area contributed by atoms with Crippen molar-refractivity contribution in [2.75, 3.05) is 6.54 Å². The Morgan fingerprint density at radius 1 is 1.15 bits per heavy atom. The van der Waals surface area contributed by atoms with Crippen molar-refractivity contribution in [2.45, 2.75) is 46.0 Å². The molecule has 1 N–H and O–H groups in total. The average molecular weight is 289 g/mol. The first kappa shape index (κ1) is 16.8. The Morgan fingerprint density at radius 2 is 1.75 bits per heavy atom. The fourth-order valence-corrected chi connectivity index (χ4v) is 2.06. The number of nitrogens with one attached hydrogen (secondary N) is 1. The van der Waals surface area contributed by atoms with E-state index in [9.17, 15) is 13.2 Å². The summed E-state index contributed by atoms with van der Waals surface area (Å²) in [7, 11) is 0. The Bertz CT molecular complexity index is 389. The summed E-state index contributed by atoms with van der Waals surface area (Å²) in [5.74, 6) is 0.232. The second-order valence-electron chi connectivity index (χ2n) is 4.93. The summed E-state index contributed by atoms with van der Waals surface area (Å²) in [6, 6.07) is 6.28. The van der Waals surface area contributed by atoms with E-state index in [-0.39, 0.29) is 11.8 Å². The molecular weight excluding hydrogens is 267 g/mol. The van der Waals surface area contributed by atoms with Crippen LogP contribution in [0.3, 0.4) is 0 Å². The topological polar surface area (TPSA) is 21.3 Å². The van der Waals surface area contributed by atoms with Gasteiger partial charge in [-0.25, -0.2) is 0 Å². The third-order valence-electron chi connectivity index (χ3n) is 3.30. The number of hydrogen-bond donors (Lipinski definition) is 1. The maximum atomic E-state index is 12.1. The molecule has 0 bridgehead atoms. The van der Waals surface area contributed by atoms with Gasteiger partial charge in [-0.2, -0.15) is 0 Å². The van der Waals surface area contributed by atoms with Gasteiger partial charge in [0.1, 0.15) is 5.75 Å². The predicted octanol–water partition coefficient (Wildman–Crippen LogP) is 4.67. The lowest BCUT2D eigenvalue weighted by Crippen LogP contribution is -2.27. The molecule has 114 valence electrons. The summed E-state index contributed by atoms with van der Waals surface area (Å²) in [6.45, 7) is 7.20. The van der Waals surface area contributed by atoms with Crippen LogP contribution in [-0.4, -0.2) is 12.9 Å². The highest BCUT2D eigenvalue weighted by Crippen LogP contribution is 2.28. The van der Waals surface area contributed by atoms with Crippen molar-refractivity contribution >= 4 is 0 Å². The van der Waals surface area contributed by atoms with Crippen LogP contribution < -0.4 is 10.1 Å². The molecule has 2 unspecified atom stereocenters. The van der Waals surface area contributed by atoms with E-state index in [4.69, 9.17) is 0 Å². The Labute approximate surface area is 118 Å². The molecule has 1 aromatic carbocycles. The average Bonchev–Trinajstić information content (AvgIpc) is 2.38. The van der Waals surface area contributed by atoms with E-state index < -0.39 is 6.36 Å². The molecule has 0 saturated heterocycles. The standard InChI is InChI=1S/C15H22F3NO/c1-4-10-19-14(11(3)5-2)12-6-8-13(9-7-12)20-15(16,17)18/h6-9,11,14,19H,4-5,10H2,1-3H3. The molecule has 0 aliphatic rings. The van der Waals surface area contributed by atoms with Crippen molar-refractivity contribution in [2.24, 2.45) is 5.92 Å². The third kappa shape index (κ3) is 5.41. The fourth-order valence-electron chi connectivity index (χ4n) is 2.06. The van der Waals surface area contributed by atoms with Gasteiger partial charge >= 0.3 is 6.36 Å². The van der Waals surface area contributed by atoms with E-state index in [1.165, 1.54) is 12.1 Å². The smallest absolute Gasteiger partial charge is 0.406 e. The number of halogens is 3. The van der Waals surface area contributed by atoms with E-state index in [1.807, 2.05) is 0 Å². The zero-order valence-corrected chi connectivity index (χ0v) is 12.1. The zero-order chi connectivity index (χ0) is 15.2. The van der Waals surface area contributed by atoms with Crippen LogP contribution in [0.1, 0.15) is 45.2 Å². The first-order valence-electron chi connectivity index (χ1n) is 6.96. The minimum atomic E-state index is -4.64. The summed E-state index contributed by atoms with van der Waals surface area (Å²) < 4.78 is 40.2. The van der Waals surface area contributed by atoms with Crippen LogP contribution in [0.25, 0.3) is 0 Å². The first-order valence-corrected chi connectivity index (χ1v) is 6.96. The quantitative estimate of drug-likeness (QED) is 0.787. The largest absolute Gasteiger partial charge is 0.573 e. The Kier molecular flexibility index (Phi) is 6.33. The minimum absolute atomic E-state index is 0.153. The van der Waals surface area contributed by atoms with Crippen LogP contribution in [0, 0.1) is 5.92 Å². The molecule has 0 spiro atoms. The van der Waals surface area contributed by atoms with Crippen molar-refractivity contribution in [3.8, 4) is 5.75 Å². The van der Waals surface area contributed by atoms with Crippen molar-refractivity contribution in [3.05, 3.63) is 29.8 Å². The molecule has 0 fully saturated rings. The molecule has 1 rings (SSSR count). The second kappa shape index (κ2) is 7.53. The number of hydrogen-bond acceptors (Lipinski definition) is 2. The number of alkyl halides is 3. The highest BCUT2D eigenvalue weighted by atomic mass is 19.4. The maximum Gasteiger partial charge on any atom is 0.573 e. The van der Waals surface area contributed by atoms with Crippen molar-refractivity contribution < 1.29 is 17.9 Å². The van der Waals surface area contributed by atoms with E-state index >= 15 is 0 Å². The Morgan fingerprint density at radius 3 is 2.20 bits per heavy atom. The van der Waals surface area contributed by atoms with Crippen molar-refractivity contribution in [1.29, 1.82) is 0 Å². The number of rotatable bonds is 7. The lowest BCUT2D eigenvalue weighted by atomic mass is 9.92. The summed E-state index contributed by atoms with van der Waals surface area (Å²) in [4.78, 5) is 0. The number of ether oxygens (including phenoxy) is 1. The first-order chi connectivity index (χ1) is 9.37. The van der Waals surface area contributed by atoms with Gasteiger partial charge in [0.25, 0.3) is 0 Å². The van der Waals surface area contributed by atoms with Gasteiger partial charge in [-0.1, -0.05) is 39.3 Å². The van der Waals surface area contributed by atoms with Crippen LogP contribution in [0.4, 0.5) is 13.2 Å². The van der Waals surface area contributed by atoms with Crippen LogP contribution in [-0.2, 0) is 0 Å². The molecule has 0 aromatic heterocycles. The van der Waals surface area contributed by atoms with E-state index in [2.05, 4.69) is 30.8 Å². The molecule has 20 heavy (non-hydrogen) atoms. The summed E-state index contributed by atoms with van der Waals surface area (Å²) in [5, 5.41) is 3.44. The van der Waals surface area contributed by atoms with Crippen LogP contribution in [0.15, 0.2) is 24.3 Å². The molecule has 0 radical (unpaired) electrons. The molecule has 1 aromatic rings. The zero-order valence-electron chi connectivity index (χ0n) is 12.1. The van der Waals surface area contributed by atoms with Gasteiger partial charge in [-0.15, -0.1) is 13.2 Å². The van der Waals surface area contributed by atoms with E-state index in [0.717, 1.165) is 24.9 Å². The molecule has 0 amide bonds. The summed E-state index contributed by atoms with van der Waals surface area (Å²) >= 11 is 0. The lowest BCUT2D eigenvalue weighted by molar-refractivity contribution is -0.274. The monoisotopic (exact) mass is 289 g/mol. The highest BCUT2D eigenvalue weighted by Gasteiger charge is 2.31. The molecule has 0 saturated carbocycles. The van der Waals surface area contributed by atoms with Gasteiger partial charge in [0, 0.05) is 6.04 Å². The van der Waals surface area contributed by atoms with E-state index in [0.29, 0.717) is 5.92 Å². The normalized spacial score (nSPS) is 14.9. The van der Waals surface area contributed by atoms with Crippen molar-refractivity contribution in [3.63, 3.8) is 0 Å². The van der Waals surface area contributed by atoms with Crippen LogP contribution >= 0.6 is 0 Å². The van der Waals surface area contributed by atoms with Gasteiger partial charge in [0.15, 0.2) is 0 Å². The summed E-state index contributed by atoms with van der Waals surface area (Å²) in [5.41, 5.74) is 0.988. The van der Waals surface area contributed by atoms with Crippen molar-refractivity contribution in [1.82, 2.24) is 5.32 Å². The van der Waals surface area contributed by atoms with Gasteiger partial charge in [-0.3, -0.25) is 0 Å². The predicted molar refractivity (Wildman–Crippen MR) is 73.6 cm³/mol. The van der Waals surface area contributed by atoms with Gasteiger partial charge in [0.2, 0.25) is 0 Å². The molecule has 0 aliphatic heterocycles. The molecule has 2 atom stereocenters. The molecule has 2 nitrogen and oxygen atoms in total. The molecule has 0 aliphatic carbocycles. The highest BCUT2D eigenvalue weighted by molar-refractivity contribution is 5.29. The fraction of sp³-hybridized carbons (Fsp3) is 0.600. The minimum Gasteiger partial charge on any atom is -0.406 e. The van der Waals surface area contributed by atoms with Crippen LogP contribution in [0.2, 0.25) is 0 Å². The lowest BCUT2D eigenvalue weighted by Gasteiger charge is -2.25. The third-order valence-corrected chi connectivity index (χ3v) is 3.30. The SMILES string of the molecule is CCCNC(c1ccc(OC(F)(F)F)cc1)C(C)CC. The van der Waals surface area contributed by atoms with Gasteiger partial charge in [-0.05, 0) is 36.6 Å². The van der Waals surface area contributed by atoms with Crippen LogP contribution in [0.5, 0.6) is 5.75 Å². The second-order valence-corrected chi connectivity index (χ2v) is 4.93. The maximum absolute atomic E-state index is 12.1.